The van der Waals surface area contributed by atoms with Crippen molar-refractivity contribution in [2.45, 2.75) is 20.8 Å². The molecule has 0 spiro atoms. The Labute approximate surface area is 185 Å². The molecule has 6 heteroatoms. The summed E-state index contributed by atoms with van der Waals surface area (Å²) in [5.41, 5.74) is 7.53. The standard InChI is InChI=1S/C26H23N5O/c1-15-9-12-23-19(11-10-16(2)28-23)25(15)30-26(32)20-13-24(21-14-27-31(4)17(21)3)29-22-8-6-5-7-18(20)22/h5-14H,1-4H3,(H,30,32). The van der Waals surface area contributed by atoms with Gasteiger partial charge < -0.3 is 5.32 Å². The van der Waals surface area contributed by atoms with Crippen LogP contribution < -0.4 is 5.32 Å². The Bertz CT molecular complexity index is 1520. The summed E-state index contributed by atoms with van der Waals surface area (Å²) in [4.78, 5) is 23.0. The van der Waals surface area contributed by atoms with E-state index in [0.717, 1.165) is 55.7 Å². The molecule has 0 atom stereocenters. The highest BCUT2D eigenvalue weighted by atomic mass is 16.1. The fourth-order valence-electron chi connectivity index (χ4n) is 4.01. The minimum Gasteiger partial charge on any atom is -0.321 e. The molecule has 1 amide bonds. The van der Waals surface area contributed by atoms with Crippen molar-refractivity contribution in [1.29, 1.82) is 0 Å². The van der Waals surface area contributed by atoms with Gasteiger partial charge in [0.15, 0.2) is 0 Å². The summed E-state index contributed by atoms with van der Waals surface area (Å²) < 4.78 is 1.81. The lowest BCUT2D eigenvalue weighted by Crippen LogP contribution is -2.14. The first-order chi connectivity index (χ1) is 15.4. The highest BCUT2D eigenvalue weighted by molar-refractivity contribution is 6.15. The summed E-state index contributed by atoms with van der Waals surface area (Å²) >= 11 is 0. The van der Waals surface area contributed by atoms with E-state index in [2.05, 4.69) is 15.4 Å². The van der Waals surface area contributed by atoms with Gasteiger partial charge >= 0.3 is 0 Å². The molecule has 2 aromatic carbocycles. The maximum absolute atomic E-state index is 13.6. The summed E-state index contributed by atoms with van der Waals surface area (Å²) in [6.07, 6.45) is 1.79. The molecule has 158 valence electrons. The van der Waals surface area contributed by atoms with Crippen LogP contribution in [0.1, 0.15) is 27.3 Å². The maximum Gasteiger partial charge on any atom is 0.256 e. The van der Waals surface area contributed by atoms with Crippen molar-refractivity contribution >= 4 is 33.4 Å². The van der Waals surface area contributed by atoms with E-state index in [4.69, 9.17) is 4.98 Å². The molecule has 5 aromatic rings. The zero-order valence-corrected chi connectivity index (χ0v) is 18.5. The number of hydrogen-bond donors (Lipinski definition) is 1. The van der Waals surface area contributed by atoms with Crippen LogP contribution in [0.2, 0.25) is 0 Å². The first-order valence-electron chi connectivity index (χ1n) is 10.5. The van der Waals surface area contributed by atoms with Crippen LogP contribution in [0.4, 0.5) is 5.69 Å². The van der Waals surface area contributed by atoms with Crippen LogP contribution in [0.5, 0.6) is 0 Å². The molecule has 3 aromatic heterocycles. The van der Waals surface area contributed by atoms with Gasteiger partial charge in [0, 0.05) is 34.8 Å². The highest BCUT2D eigenvalue weighted by Gasteiger charge is 2.18. The molecule has 0 fully saturated rings. The summed E-state index contributed by atoms with van der Waals surface area (Å²) in [5.74, 6) is -0.178. The number of hydrogen-bond acceptors (Lipinski definition) is 4. The largest absolute Gasteiger partial charge is 0.321 e. The second-order valence-corrected chi connectivity index (χ2v) is 8.07. The quantitative estimate of drug-likeness (QED) is 0.426. The van der Waals surface area contributed by atoms with Gasteiger partial charge in [0.05, 0.1) is 34.2 Å². The number of rotatable bonds is 3. The van der Waals surface area contributed by atoms with Crippen LogP contribution in [0, 0.1) is 20.8 Å². The predicted molar refractivity (Wildman–Crippen MR) is 128 cm³/mol. The number of nitrogens with zero attached hydrogens (tertiary/aromatic N) is 4. The third-order valence-electron chi connectivity index (χ3n) is 5.93. The Kier molecular flexibility index (Phi) is 4.70. The third-order valence-corrected chi connectivity index (χ3v) is 5.93. The van der Waals surface area contributed by atoms with E-state index in [1.54, 1.807) is 10.9 Å². The van der Waals surface area contributed by atoms with Crippen molar-refractivity contribution in [3.8, 4) is 11.3 Å². The highest BCUT2D eigenvalue weighted by Crippen LogP contribution is 2.30. The molecular weight excluding hydrogens is 398 g/mol. The average molecular weight is 422 g/mol. The Morgan fingerprint density at radius 2 is 1.69 bits per heavy atom. The number of benzene rings is 2. The molecule has 0 aliphatic heterocycles. The predicted octanol–water partition coefficient (Wildman–Crippen LogP) is 5.36. The molecule has 0 aliphatic carbocycles. The Morgan fingerprint density at radius 3 is 2.47 bits per heavy atom. The smallest absolute Gasteiger partial charge is 0.256 e. The molecule has 3 heterocycles. The van der Waals surface area contributed by atoms with E-state index < -0.39 is 0 Å². The van der Waals surface area contributed by atoms with Crippen molar-refractivity contribution in [3.63, 3.8) is 0 Å². The zero-order valence-electron chi connectivity index (χ0n) is 18.5. The fraction of sp³-hybridized carbons (Fsp3) is 0.154. The summed E-state index contributed by atoms with van der Waals surface area (Å²) in [6, 6.07) is 17.5. The Morgan fingerprint density at radius 1 is 0.906 bits per heavy atom. The minimum atomic E-state index is -0.178. The number of pyridine rings is 2. The van der Waals surface area contributed by atoms with E-state index in [-0.39, 0.29) is 5.91 Å². The monoisotopic (exact) mass is 421 g/mol. The topological polar surface area (TPSA) is 72.7 Å². The van der Waals surface area contributed by atoms with Crippen molar-refractivity contribution in [2.24, 2.45) is 7.05 Å². The number of para-hydroxylation sites is 1. The van der Waals surface area contributed by atoms with E-state index >= 15 is 0 Å². The van der Waals surface area contributed by atoms with Crippen LogP contribution >= 0.6 is 0 Å². The number of carbonyl (C=O) groups is 1. The normalized spacial score (nSPS) is 11.2. The van der Waals surface area contributed by atoms with Crippen LogP contribution in [0.25, 0.3) is 33.1 Å². The summed E-state index contributed by atoms with van der Waals surface area (Å²) in [6.45, 7) is 5.94. The molecule has 5 rings (SSSR count). The first kappa shape index (κ1) is 19.9. The lowest BCUT2D eigenvalue weighted by Gasteiger charge is -2.14. The second-order valence-electron chi connectivity index (χ2n) is 8.07. The van der Waals surface area contributed by atoms with Gasteiger partial charge in [-0.1, -0.05) is 24.3 Å². The molecule has 0 saturated heterocycles. The Hall–Kier alpha value is -4.06. The van der Waals surface area contributed by atoms with E-state index in [0.29, 0.717) is 5.56 Å². The van der Waals surface area contributed by atoms with Crippen molar-refractivity contribution in [2.75, 3.05) is 5.32 Å². The lowest BCUT2D eigenvalue weighted by atomic mass is 10.0. The minimum absolute atomic E-state index is 0.178. The first-order valence-corrected chi connectivity index (χ1v) is 10.5. The summed E-state index contributed by atoms with van der Waals surface area (Å²) in [7, 11) is 1.90. The molecule has 0 saturated carbocycles. The third kappa shape index (κ3) is 3.30. The number of aryl methyl sites for hydroxylation is 3. The van der Waals surface area contributed by atoms with Crippen molar-refractivity contribution in [1.82, 2.24) is 19.7 Å². The number of carbonyl (C=O) groups excluding carboxylic acids is 1. The SMILES string of the molecule is Cc1ccc2c(NC(=O)c3cc(-c4cnn(C)c4C)nc4ccccc34)c(C)ccc2n1. The Balaban J connectivity index is 1.65. The fourth-order valence-corrected chi connectivity index (χ4v) is 4.01. The molecule has 0 aliphatic rings. The molecule has 1 N–H and O–H groups in total. The van der Waals surface area contributed by atoms with Gasteiger partial charge in [-0.3, -0.25) is 14.5 Å². The number of fused-ring (bicyclic) bond motifs is 2. The number of amides is 1. The second kappa shape index (κ2) is 7.57. The average Bonchev–Trinajstić information content (AvgIpc) is 3.13. The van der Waals surface area contributed by atoms with Crippen LogP contribution in [0.3, 0.4) is 0 Å². The van der Waals surface area contributed by atoms with Crippen LogP contribution in [0.15, 0.2) is 60.8 Å². The van der Waals surface area contributed by atoms with Crippen LogP contribution in [-0.2, 0) is 7.05 Å². The van der Waals surface area contributed by atoms with Gasteiger partial charge in [0.2, 0.25) is 0 Å². The van der Waals surface area contributed by atoms with Crippen LogP contribution in [-0.4, -0.2) is 25.7 Å². The van der Waals surface area contributed by atoms with Crippen molar-refractivity contribution < 1.29 is 4.79 Å². The van der Waals surface area contributed by atoms with Gasteiger partial charge in [-0.05, 0) is 56.7 Å². The van der Waals surface area contributed by atoms with E-state index in [1.807, 2.05) is 82.4 Å². The maximum atomic E-state index is 13.6. The van der Waals surface area contributed by atoms with Gasteiger partial charge in [0.25, 0.3) is 5.91 Å². The number of anilines is 1. The molecule has 32 heavy (non-hydrogen) atoms. The molecule has 0 unspecified atom stereocenters. The van der Waals surface area contributed by atoms with Gasteiger partial charge in [0.1, 0.15) is 0 Å². The van der Waals surface area contributed by atoms with Gasteiger partial charge in [-0.15, -0.1) is 0 Å². The molecule has 0 radical (unpaired) electrons. The molecule has 6 nitrogen and oxygen atoms in total. The number of nitrogens with one attached hydrogen (secondary N) is 1. The zero-order chi connectivity index (χ0) is 22.4. The lowest BCUT2D eigenvalue weighted by molar-refractivity contribution is 0.102. The molecule has 0 bridgehead atoms. The van der Waals surface area contributed by atoms with E-state index in [1.165, 1.54) is 0 Å². The summed E-state index contributed by atoms with van der Waals surface area (Å²) in [5, 5.41) is 9.22. The van der Waals surface area contributed by atoms with Gasteiger partial charge in [-0.2, -0.15) is 5.10 Å². The van der Waals surface area contributed by atoms with Crippen molar-refractivity contribution in [3.05, 3.63) is 83.3 Å². The number of aromatic nitrogens is 4. The van der Waals surface area contributed by atoms with E-state index in [9.17, 15) is 4.79 Å². The van der Waals surface area contributed by atoms with Gasteiger partial charge in [-0.25, -0.2) is 4.98 Å². The molecular formula is C26H23N5O.